The summed E-state index contributed by atoms with van der Waals surface area (Å²) in [6.07, 6.45) is 0. The number of benzene rings is 4. The second kappa shape index (κ2) is 10.9. The van der Waals surface area contributed by atoms with E-state index in [0.29, 0.717) is 34.9 Å². The van der Waals surface area contributed by atoms with Crippen LogP contribution in [0.25, 0.3) is 0 Å². The van der Waals surface area contributed by atoms with Gasteiger partial charge in [-0.3, -0.25) is 9.59 Å². The number of anilines is 2. The predicted octanol–water partition coefficient (Wildman–Crippen LogP) is 7.07. The summed E-state index contributed by atoms with van der Waals surface area (Å²) in [7, 11) is 0. The van der Waals surface area contributed by atoms with Crippen LogP contribution in [0.5, 0.6) is 5.75 Å². The summed E-state index contributed by atoms with van der Waals surface area (Å²) in [5.74, 6) is 0.0538. The number of para-hydroxylation sites is 1. The van der Waals surface area contributed by atoms with Gasteiger partial charge in [-0.15, -0.1) is 0 Å². The molecule has 0 aliphatic heterocycles. The van der Waals surface area contributed by atoms with Crippen molar-refractivity contribution in [2.75, 3.05) is 10.6 Å². The van der Waals surface area contributed by atoms with Crippen molar-refractivity contribution in [1.82, 2.24) is 0 Å². The van der Waals surface area contributed by atoms with Crippen molar-refractivity contribution in [2.45, 2.75) is 32.8 Å². The van der Waals surface area contributed by atoms with E-state index >= 15 is 0 Å². The van der Waals surface area contributed by atoms with Crippen LogP contribution in [0, 0.1) is 0 Å². The fraction of sp³-hybridized carbons (Fsp3) is 0.161. The highest BCUT2D eigenvalue weighted by Gasteiger charge is 2.17. The maximum absolute atomic E-state index is 13.1. The van der Waals surface area contributed by atoms with Crippen molar-refractivity contribution >= 4 is 23.2 Å². The van der Waals surface area contributed by atoms with Crippen LogP contribution in [0.3, 0.4) is 0 Å². The summed E-state index contributed by atoms with van der Waals surface area (Å²) >= 11 is 0. The number of ether oxygens (including phenoxy) is 1. The summed E-state index contributed by atoms with van der Waals surface area (Å²) in [6.45, 7) is 6.82. The van der Waals surface area contributed by atoms with Crippen molar-refractivity contribution in [3.8, 4) is 5.75 Å². The van der Waals surface area contributed by atoms with E-state index in [-0.39, 0.29) is 17.2 Å². The minimum absolute atomic E-state index is 0.00356. The fourth-order valence-electron chi connectivity index (χ4n) is 3.71. The summed E-state index contributed by atoms with van der Waals surface area (Å²) in [6, 6.07) is 31.6. The molecule has 0 aliphatic carbocycles. The zero-order valence-electron chi connectivity index (χ0n) is 20.7. The lowest BCUT2D eigenvalue weighted by molar-refractivity contribution is 0.102. The molecular formula is C31H30N2O3. The molecule has 4 rings (SSSR count). The number of carbonyl (C=O) groups excluding carboxylic acids is 2. The van der Waals surface area contributed by atoms with Crippen LogP contribution in [-0.4, -0.2) is 11.8 Å². The van der Waals surface area contributed by atoms with Crippen LogP contribution >= 0.6 is 0 Å². The third-order valence-electron chi connectivity index (χ3n) is 5.77. The Labute approximate surface area is 212 Å². The average Bonchev–Trinajstić information content (AvgIpc) is 2.88. The number of carbonyl (C=O) groups is 2. The van der Waals surface area contributed by atoms with Crippen LogP contribution in [0.4, 0.5) is 11.4 Å². The van der Waals surface area contributed by atoms with Gasteiger partial charge in [0.2, 0.25) is 0 Å². The zero-order chi connectivity index (χ0) is 25.5. The highest BCUT2D eigenvalue weighted by Crippen LogP contribution is 2.24. The van der Waals surface area contributed by atoms with Crippen molar-refractivity contribution in [3.05, 3.63) is 125 Å². The number of nitrogens with one attached hydrogen (secondary N) is 2. The van der Waals surface area contributed by atoms with Crippen molar-refractivity contribution in [3.63, 3.8) is 0 Å². The van der Waals surface area contributed by atoms with E-state index in [2.05, 4.69) is 31.4 Å². The summed E-state index contributed by atoms with van der Waals surface area (Å²) in [4.78, 5) is 26.0. The van der Waals surface area contributed by atoms with Gasteiger partial charge in [0.25, 0.3) is 11.8 Å². The molecule has 0 spiro atoms. The molecule has 0 saturated heterocycles. The van der Waals surface area contributed by atoms with Crippen molar-refractivity contribution < 1.29 is 14.3 Å². The Kier molecular flexibility index (Phi) is 7.50. The van der Waals surface area contributed by atoms with Gasteiger partial charge in [-0.1, -0.05) is 81.4 Å². The van der Waals surface area contributed by atoms with E-state index in [9.17, 15) is 9.59 Å². The highest BCUT2D eigenvalue weighted by atomic mass is 16.5. The van der Waals surface area contributed by atoms with Crippen LogP contribution in [0.1, 0.15) is 52.6 Å². The third kappa shape index (κ3) is 6.39. The van der Waals surface area contributed by atoms with Gasteiger partial charge < -0.3 is 15.4 Å². The topological polar surface area (TPSA) is 67.4 Å². The van der Waals surface area contributed by atoms with Gasteiger partial charge in [0, 0.05) is 17.3 Å². The molecule has 0 heterocycles. The van der Waals surface area contributed by atoms with E-state index in [0.717, 1.165) is 11.1 Å². The lowest BCUT2D eigenvalue weighted by Gasteiger charge is -2.19. The minimum Gasteiger partial charge on any atom is -0.489 e. The fourth-order valence-corrected chi connectivity index (χ4v) is 3.71. The molecule has 5 nitrogen and oxygen atoms in total. The maximum atomic E-state index is 13.1. The molecule has 0 fully saturated rings. The molecule has 36 heavy (non-hydrogen) atoms. The quantitative estimate of drug-likeness (QED) is 0.299. The Morgan fingerprint density at radius 3 is 2.14 bits per heavy atom. The monoisotopic (exact) mass is 478 g/mol. The number of hydrogen-bond donors (Lipinski definition) is 2. The average molecular weight is 479 g/mol. The largest absolute Gasteiger partial charge is 0.489 e. The first-order valence-electron chi connectivity index (χ1n) is 11.9. The molecule has 2 amide bonds. The molecule has 0 aliphatic rings. The Morgan fingerprint density at radius 1 is 0.722 bits per heavy atom. The van der Waals surface area contributed by atoms with E-state index in [1.807, 2.05) is 54.6 Å². The number of rotatable bonds is 7. The smallest absolute Gasteiger partial charge is 0.257 e. The summed E-state index contributed by atoms with van der Waals surface area (Å²) in [5.41, 5.74) is 4.15. The van der Waals surface area contributed by atoms with Crippen LogP contribution in [0.2, 0.25) is 0 Å². The SMILES string of the molecule is CC(C)(C)c1ccc(C(=O)Nc2ccccc2C(=O)Nc2cccc(OCc3ccccc3)c2)cc1. The van der Waals surface area contributed by atoms with E-state index in [1.54, 1.807) is 48.5 Å². The van der Waals surface area contributed by atoms with Gasteiger partial charge in [-0.2, -0.15) is 0 Å². The Morgan fingerprint density at radius 2 is 1.42 bits per heavy atom. The molecule has 0 unspecified atom stereocenters. The molecule has 0 atom stereocenters. The van der Waals surface area contributed by atoms with E-state index in [4.69, 9.17) is 4.74 Å². The van der Waals surface area contributed by atoms with Crippen LogP contribution in [0.15, 0.2) is 103 Å². The van der Waals surface area contributed by atoms with Crippen LogP contribution in [-0.2, 0) is 12.0 Å². The Bertz CT molecular complexity index is 1340. The standard InChI is InChI=1S/C31H30N2O3/c1-31(2,3)24-18-16-23(17-19-24)29(34)33-28-15-8-7-14-27(28)30(35)32-25-12-9-13-26(20-25)36-21-22-10-5-4-6-11-22/h4-20H,21H2,1-3H3,(H,32,35)(H,33,34). The molecule has 4 aromatic carbocycles. The molecule has 0 aromatic heterocycles. The molecule has 0 radical (unpaired) electrons. The lowest BCUT2D eigenvalue weighted by Crippen LogP contribution is -2.18. The van der Waals surface area contributed by atoms with E-state index in [1.165, 1.54) is 0 Å². The molecule has 0 saturated carbocycles. The first kappa shape index (κ1) is 24.7. The van der Waals surface area contributed by atoms with Gasteiger partial charge in [-0.25, -0.2) is 0 Å². The maximum Gasteiger partial charge on any atom is 0.257 e. The predicted molar refractivity (Wildman–Crippen MR) is 145 cm³/mol. The van der Waals surface area contributed by atoms with Gasteiger partial charge >= 0.3 is 0 Å². The number of amides is 2. The Hall–Kier alpha value is -4.38. The molecule has 0 bridgehead atoms. The first-order chi connectivity index (χ1) is 17.3. The van der Waals surface area contributed by atoms with Gasteiger partial charge in [0.05, 0.1) is 11.3 Å². The van der Waals surface area contributed by atoms with Crippen LogP contribution < -0.4 is 15.4 Å². The first-order valence-corrected chi connectivity index (χ1v) is 11.9. The van der Waals surface area contributed by atoms with Gasteiger partial charge in [0.15, 0.2) is 0 Å². The minimum atomic E-state index is -0.325. The second-order valence-electron chi connectivity index (χ2n) is 9.58. The summed E-state index contributed by atoms with van der Waals surface area (Å²) < 4.78 is 5.87. The van der Waals surface area contributed by atoms with E-state index < -0.39 is 0 Å². The highest BCUT2D eigenvalue weighted by molar-refractivity contribution is 6.12. The molecule has 5 heteroatoms. The van der Waals surface area contributed by atoms with Gasteiger partial charge in [-0.05, 0) is 52.9 Å². The molecule has 2 N–H and O–H groups in total. The van der Waals surface area contributed by atoms with Gasteiger partial charge in [0.1, 0.15) is 12.4 Å². The number of hydrogen-bond acceptors (Lipinski definition) is 3. The molecular weight excluding hydrogens is 448 g/mol. The lowest BCUT2D eigenvalue weighted by atomic mass is 9.86. The Balaban J connectivity index is 1.44. The second-order valence-corrected chi connectivity index (χ2v) is 9.58. The zero-order valence-corrected chi connectivity index (χ0v) is 20.7. The van der Waals surface area contributed by atoms with Crippen molar-refractivity contribution in [2.24, 2.45) is 0 Å². The van der Waals surface area contributed by atoms with Crippen molar-refractivity contribution in [1.29, 1.82) is 0 Å². The molecule has 4 aromatic rings. The third-order valence-corrected chi connectivity index (χ3v) is 5.77. The normalized spacial score (nSPS) is 11.0. The summed E-state index contributed by atoms with van der Waals surface area (Å²) in [5, 5.41) is 5.78. The molecule has 182 valence electrons.